The van der Waals surface area contributed by atoms with Crippen molar-refractivity contribution in [2.24, 2.45) is 5.92 Å². The second-order valence-electron chi connectivity index (χ2n) is 6.59. The first-order valence-electron chi connectivity index (χ1n) is 8.70. The van der Waals surface area contributed by atoms with Gasteiger partial charge in [0.25, 0.3) is 0 Å². The highest BCUT2D eigenvalue weighted by Crippen LogP contribution is 2.31. The van der Waals surface area contributed by atoms with Crippen molar-refractivity contribution in [3.8, 4) is 0 Å². The number of nitrogens with zero attached hydrogens (tertiary/aromatic N) is 2. The first-order valence-corrected chi connectivity index (χ1v) is 10.5. The maximum absolute atomic E-state index is 12.2. The summed E-state index contributed by atoms with van der Waals surface area (Å²) in [4.78, 5) is 30.6. The number of amides is 2. The second kappa shape index (κ2) is 8.83. The average Bonchev–Trinajstić information content (AvgIpc) is 3.02. The van der Waals surface area contributed by atoms with Gasteiger partial charge in [0.05, 0.1) is 29.2 Å². The van der Waals surface area contributed by atoms with Gasteiger partial charge in [-0.2, -0.15) is 0 Å². The number of aromatic nitrogens is 1. The summed E-state index contributed by atoms with van der Waals surface area (Å²) < 4.78 is 7.15. The summed E-state index contributed by atoms with van der Waals surface area (Å²) in [6, 6.07) is 5.72. The van der Waals surface area contributed by atoms with E-state index in [4.69, 9.17) is 4.74 Å². The number of anilines is 1. The minimum absolute atomic E-state index is 0.0228. The Hall–Kier alpha value is -1.64. The Balaban J connectivity index is 1.60. The number of thioether (sulfide) groups is 1. The number of rotatable bonds is 6. The molecule has 2 amide bonds. The molecular formula is C18H23N3O3S2. The van der Waals surface area contributed by atoms with Crippen LogP contribution in [0.5, 0.6) is 0 Å². The van der Waals surface area contributed by atoms with Crippen molar-refractivity contribution in [3.63, 3.8) is 0 Å². The fourth-order valence-electron chi connectivity index (χ4n) is 2.65. The van der Waals surface area contributed by atoms with E-state index >= 15 is 0 Å². The normalized spacial score (nSPS) is 14.8. The smallest absolute Gasteiger partial charge is 0.233 e. The molecule has 0 saturated carbocycles. The summed E-state index contributed by atoms with van der Waals surface area (Å²) in [5.41, 5.74) is 1.67. The number of carbonyl (C=O) groups is 2. The largest absolute Gasteiger partial charge is 0.378 e. The van der Waals surface area contributed by atoms with Gasteiger partial charge in [-0.1, -0.05) is 25.6 Å². The Labute approximate surface area is 161 Å². The van der Waals surface area contributed by atoms with E-state index in [2.05, 4.69) is 10.3 Å². The van der Waals surface area contributed by atoms with Crippen molar-refractivity contribution in [2.45, 2.75) is 24.6 Å². The molecule has 2 aromatic rings. The molecule has 0 bridgehead atoms. The highest BCUT2D eigenvalue weighted by atomic mass is 32.2. The minimum atomic E-state index is 0.0228. The van der Waals surface area contributed by atoms with Gasteiger partial charge >= 0.3 is 0 Å². The van der Waals surface area contributed by atoms with Gasteiger partial charge in [-0.05, 0) is 24.1 Å². The van der Waals surface area contributed by atoms with E-state index in [1.807, 2.05) is 36.9 Å². The minimum Gasteiger partial charge on any atom is -0.378 e. The Morgan fingerprint density at radius 2 is 2.12 bits per heavy atom. The molecule has 1 fully saturated rings. The summed E-state index contributed by atoms with van der Waals surface area (Å²) in [7, 11) is 0. The van der Waals surface area contributed by atoms with Crippen LogP contribution < -0.4 is 5.32 Å². The number of ether oxygens (including phenoxy) is 1. The third-order valence-corrected chi connectivity index (χ3v) is 6.08. The lowest BCUT2D eigenvalue weighted by Crippen LogP contribution is -2.41. The number of hydrogen-bond donors (Lipinski definition) is 1. The summed E-state index contributed by atoms with van der Waals surface area (Å²) >= 11 is 3.01. The van der Waals surface area contributed by atoms with E-state index in [-0.39, 0.29) is 11.8 Å². The van der Waals surface area contributed by atoms with Crippen LogP contribution in [-0.4, -0.2) is 53.8 Å². The summed E-state index contributed by atoms with van der Waals surface area (Å²) in [6.45, 7) is 6.60. The van der Waals surface area contributed by atoms with Gasteiger partial charge in [-0.3, -0.25) is 9.59 Å². The lowest BCUT2D eigenvalue weighted by Gasteiger charge is -2.26. The summed E-state index contributed by atoms with van der Waals surface area (Å²) in [6.07, 6.45) is 0.505. The topological polar surface area (TPSA) is 71.5 Å². The van der Waals surface area contributed by atoms with Crippen LogP contribution >= 0.6 is 23.1 Å². The third-order valence-electron chi connectivity index (χ3n) is 3.93. The van der Waals surface area contributed by atoms with Crippen LogP contribution in [0.2, 0.25) is 0 Å². The van der Waals surface area contributed by atoms with E-state index in [1.54, 1.807) is 11.3 Å². The molecule has 1 aromatic carbocycles. The average molecular weight is 394 g/mol. The molecule has 1 saturated heterocycles. The number of fused-ring (bicyclic) bond motifs is 1. The van der Waals surface area contributed by atoms with Gasteiger partial charge in [-0.25, -0.2) is 4.98 Å². The summed E-state index contributed by atoms with van der Waals surface area (Å²) in [5, 5.41) is 2.93. The molecule has 2 heterocycles. The molecule has 0 spiro atoms. The molecule has 0 unspecified atom stereocenters. The number of carbonyl (C=O) groups excluding carboxylic acids is 2. The van der Waals surface area contributed by atoms with Crippen LogP contribution in [0.25, 0.3) is 10.2 Å². The zero-order valence-corrected chi connectivity index (χ0v) is 16.6. The van der Waals surface area contributed by atoms with Crippen LogP contribution in [0, 0.1) is 5.92 Å². The van der Waals surface area contributed by atoms with Gasteiger partial charge in [0.15, 0.2) is 4.34 Å². The molecule has 0 radical (unpaired) electrons. The molecule has 3 rings (SSSR count). The van der Waals surface area contributed by atoms with Crippen molar-refractivity contribution in [1.82, 2.24) is 9.88 Å². The van der Waals surface area contributed by atoms with E-state index in [1.165, 1.54) is 11.8 Å². The molecule has 6 nitrogen and oxygen atoms in total. The van der Waals surface area contributed by atoms with Crippen molar-refractivity contribution < 1.29 is 14.3 Å². The monoisotopic (exact) mass is 393 g/mol. The van der Waals surface area contributed by atoms with Crippen molar-refractivity contribution in [3.05, 3.63) is 18.2 Å². The Morgan fingerprint density at radius 3 is 2.85 bits per heavy atom. The summed E-state index contributed by atoms with van der Waals surface area (Å²) in [5.74, 6) is 0.862. The maximum atomic E-state index is 12.2. The molecule has 0 atom stereocenters. The predicted octanol–water partition coefficient (Wildman–Crippen LogP) is 3.23. The van der Waals surface area contributed by atoms with Crippen LogP contribution in [0.1, 0.15) is 20.3 Å². The third kappa shape index (κ3) is 5.18. The second-order valence-corrected chi connectivity index (χ2v) is 8.84. The van der Waals surface area contributed by atoms with Crippen molar-refractivity contribution in [1.29, 1.82) is 0 Å². The molecule has 140 valence electrons. The van der Waals surface area contributed by atoms with Crippen LogP contribution in [0.4, 0.5) is 5.69 Å². The molecular weight excluding hydrogens is 370 g/mol. The lowest BCUT2D eigenvalue weighted by molar-refractivity contribution is -0.132. The first kappa shape index (κ1) is 19.1. The molecule has 1 N–H and O–H groups in total. The van der Waals surface area contributed by atoms with E-state index in [0.29, 0.717) is 44.4 Å². The van der Waals surface area contributed by atoms with E-state index in [0.717, 1.165) is 20.2 Å². The standard InChI is InChI=1S/C18H23N3O3S2/c1-12(2)9-16(22)19-13-3-4-14-15(10-13)26-18(20-14)25-11-17(23)21-5-7-24-8-6-21/h3-4,10,12H,5-9,11H2,1-2H3,(H,19,22). The van der Waals surface area contributed by atoms with Crippen LogP contribution in [0.15, 0.2) is 22.5 Å². The lowest BCUT2D eigenvalue weighted by atomic mass is 10.1. The molecule has 0 aliphatic carbocycles. The van der Waals surface area contributed by atoms with Crippen LogP contribution in [-0.2, 0) is 14.3 Å². The van der Waals surface area contributed by atoms with Gasteiger partial charge < -0.3 is 15.0 Å². The molecule has 26 heavy (non-hydrogen) atoms. The Morgan fingerprint density at radius 1 is 1.35 bits per heavy atom. The maximum Gasteiger partial charge on any atom is 0.233 e. The van der Waals surface area contributed by atoms with Crippen LogP contribution in [0.3, 0.4) is 0 Å². The number of nitrogens with one attached hydrogen (secondary N) is 1. The zero-order chi connectivity index (χ0) is 18.5. The van der Waals surface area contributed by atoms with Gasteiger partial charge in [0, 0.05) is 25.2 Å². The predicted molar refractivity (Wildman–Crippen MR) is 106 cm³/mol. The fourth-order valence-corrected chi connectivity index (χ4v) is 4.66. The van der Waals surface area contributed by atoms with Gasteiger partial charge in [-0.15, -0.1) is 11.3 Å². The Bertz CT molecular complexity index is 785. The molecule has 8 heteroatoms. The molecule has 1 aliphatic rings. The first-order chi connectivity index (χ1) is 12.5. The van der Waals surface area contributed by atoms with E-state index < -0.39 is 0 Å². The van der Waals surface area contributed by atoms with Gasteiger partial charge in [0.2, 0.25) is 11.8 Å². The van der Waals surface area contributed by atoms with Gasteiger partial charge in [0.1, 0.15) is 0 Å². The highest BCUT2D eigenvalue weighted by molar-refractivity contribution is 8.01. The fraction of sp³-hybridized carbons (Fsp3) is 0.500. The van der Waals surface area contributed by atoms with Crippen molar-refractivity contribution >= 4 is 50.8 Å². The molecule has 1 aliphatic heterocycles. The SMILES string of the molecule is CC(C)CC(=O)Nc1ccc2nc(SCC(=O)N3CCOCC3)sc2c1. The zero-order valence-electron chi connectivity index (χ0n) is 15.0. The Kier molecular flexibility index (Phi) is 6.50. The number of hydrogen-bond acceptors (Lipinski definition) is 6. The number of thiazole rings is 1. The highest BCUT2D eigenvalue weighted by Gasteiger charge is 2.17. The molecule has 1 aromatic heterocycles. The quantitative estimate of drug-likeness (QED) is 0.763. The number of morpholine rings is 1. The van der Waals surface area contributed by atoms with Crippen molar-refractivity contribution in [2.75, 3.05) is 37.4 Å². The van der Waals surface area contributed by atoms with E-state index in [9.17, 15) is 9.59 Å². The number of benzene rings is 1.